The summed E-state index contributed by atoms with van der Waals surface area (Å²) in [4.78, 5) is 28.0. The lowest BCUT2D eigenvalue weighted by molar-refractivity contribution is -0.139. The molecule has 2 amide bonds. The number of carbonyl (C=O) groups is 2. The molecule has 202 valence electrons. The number of carbonyl (C=O) groups excluding carboxylic acids is 2. The van der Waals surface area contributed by atoms with E-state index in [4.69, 9.17) is 32.7 Å². The SMILES string of the molecule is CCC(C)NC(=O)C(C)N(Cc1ccc(Cl)c(Cl)c1)C(=O)CN(c1ccc2c(c1)OCO2)S(=O)(=O)CC. The quantitative estimate of drug-likeness (QED) is 0.433. The van der Waals surface area contributed by atoms with Crippen LogP contribution >= 0.6 is 23.2 Å². The minimum atomic E-state index is -3.86. The van der Waals surface area contributed by atoms with Gasteiger partial charge in [-0.3, -0.25) is 13.9 Å². The van der Waals surface area contributed by atoms with Gasteiger partial charge in [-0.05, 0) is 57.0 Å². The number of benzene rings is 2. The largest absolute Gasteiger partial charge is 0.454 e. The third-order valence-electron chi connectivity index (χ3n) is 6.13. The molecule has 0 radical (unpaired) electrons. The van der Waals surface area contributed by atoms with E-state index in [0.717, 1.165) is 4.31 Å². The van der Waals surface area contributed by atoms with E-state index in [2.05, 4.69) is 5.32 Å². The molecule has 1 aliphatic heterocycles. The van der Waals surface area contributed by atoms with Gasteiger partial charge in [0.25, 0.3) is 0 Å². The number of anilines is 1. The maximum absolute atomic E-state index is 13.7. The highest BCUT2D eigenvalue weighted by Gasteiger charge is 2.32. The van der Waals surface area contributed by atoms with Gasteiger partial charge in [0.2, 0.25) is 28.6 Å². The molecule has 0 saturated heterocycles. The van der Waals surface area contributed by atoms with Gasteiger partial charge in [-0.25, -0.2) is 8.42 Å². The van der Waals surface area contributed by atoms with Crippen LogP contribution in [-0.4, -0.2) is 56.3 Å². The van der Waals surface area contributed by atoms with Crippen molar-refractivity contribution >= 4 is 50.7 Å². The van der Waals surface area contributed by atoms with Crippen molar-refractivity contribution in [2.24, 2.45) is 0 Å². The molecule has 37 heavy (non-hydrogen) atoms. The summed E-state index contributed by atoms with van der Waals surface area (Å²) in [6, 6.07) is 8.60. The summed E-state index contributed by atoms with van der Waals surface area (Å²) >= 11 is 12.2. The maximum atomic E-state index is 13.7. The van der Waals surface area contributed by atoms with Crippen molar-refractivity contribution in [3.8, 4) is 11.5 Å². The number of nitrogens with one attached hydrogen (secondary N) is 1. The van der Waals surface area contributed by atoms with Gasteiger partial charge in [0, 0.05) is 18.7 Å². The molecule has 3 rings (SSSR count). The van der Waals surface area contributed by atoms with Crippen LogP contribution in [0.25, 0.3) is 0 Å². The fraction of sp³-hybridized carbons (Fsp3) is 0.440. The molecule has 2 aromatic carbocycles. The van der Waals surface area contributed by atoms with Gasteiger partial charge in [0.05, 0.1) is 21.5 Å². The van der Waals surface area contributed by atoms with E-state index in [1.54, 1.807) is 37.3 Å². The number of hydrogen-bond donors (Lipinski definition) is 1. The number of fused-ring (bicyclic) bond motifs is 1. The second-order valence-corrected chi connectivity index (χ2v) is 11.7. The second kappa shape index (κ2) is 12.2. The summed E-state index contributed by atoms with van der Waals surface area (Å²) in [5.41, 5.74) is 0.893. The Hall–Kier alpha value is -2.69. The van der Waals surface area contributed by atoms with Crippen molar-refractivity contribution < 1.29 is 27.5 Å². The minimum absolute atomic E-state index is 0.0198. The Morgan fingerprint density at radius 3 is 2.38 bits per heavy atom. The van der Waals surface area contributed by atoms with E-state index in [1.807, 2.05) is 13.8 Å². The van der Waals surface area contributed by atoms with Crippen molar-refractivity contribution in [3.05, 3.63) is 52.0 Å². The van der Waals surface area contributed by atoms with E-state index < -0.39 is 28.5 Å². The third kappa shape index (κ3) is 7.00. The molecule has 0 aromatic heterocycles. The highest BCUT2D eigenvalue weighted by molar-refractivity contribution is 7.92. The Morgan fingerprint density at radius 2 is 1.73 bits per heavy atom. The van der Waals surface area contributed by atoms with Crippen LogP contribution in [0.2, 0.25) is 10.0 Å². The summed E-state index contributed by atoms with van der Waals surface area (Å²) in [7, 11) is -3.86. The van der Waals surface area contributed by atoms with Crippen LogP contribution in [0.5, 0.6) is 11.5 Å². The predicted octanol–water partition coefficient (Wildman–Crippen LogP) is 4.21. The molecular weight excluding hydrogens is 541 g/mol. The molecule has 2 atom stereocenters. The average Bonchev–Trinajstić information content (AvgIpc) is 3.35. The fourth-order valence-electron chi connectivity index (χ4n) is 3.64. The lowest BCUT2D eigenvalue weighted by Crippen LogP contribution is -2.52. The molecule has 0 bridgehead atoms. The van der Waals surface area contributed by atoms with Gasteiger partial charge in [-0.1, -0.05) is 36.2 Å². The van der Waals surface area contributed by atoms with E-state index in [-0.39, 0.29) is 36.7 Å². The first-order chi connectivity index (χ1) is 17.5. The number of sulfonamides is 1. The van der Waals surface area contributed by atoms with Crippen LogP contribution < -0.4 is 19.1 Å². The van der Waals surface area contributed by atoms with Gasteiger partial charge in [0.15, 0.2) is 11.5 Å². The van der Waals surface area contributed by atoms with Crippen LogP contribution in [0, 0.1) is 0 Å². The Labute approximate surface area is 227 Å². The Balaban J connectivity index is 1.95. The van der Waals surface area contributed by atoms with Crippen molar-refractivity contribution in [3.63, 3.8) is 0 Å². The number of ether oxygens (including phenoxy) is 2. The normalized spacial score (nSPS) is 14.1. The minimum Gasteiger partial charge on any atom is -0.454 e. The lowest BCUT2D eigenvalue weighted by Gasteiger charge is -2.32. The van der Waals surface area contributed by atoms with E-state index in [0.29, 0.717) is 33.5 Å². The van der Waals surface area contributed by atoms with E-state index in [9.17, 15) is 18.0 Å². The monoisotopic (exact) mass is 571 g/mol. The molecule has 2 aromatic rings. The summed E-state index contributed by atoms with van der Waals surface area (Å²) in [5.74, 6) is -0.273. The zero-order valence-electron chi connectivity index (χ0n) is 21.2. The summed E-state index contributed by atoms with van der Waals surface area (Å²) < 4.78 is 37.9. The number of amides is 2. The first-order valence-electron chi connectivity index (χ1n) is 11.9. The van der Waals surface area contributed by atoms with Crippen LogP contribution in [0.15, 0.2) is 36.4 Å². The Bertz CT molecular complexity index is 1260. The molecule has 9 nitrogen and oxygen atoms in total. The summed E-state index contributed by atoms with van der Waals surface area (Å²) in [6.07, 6.45) is 0.714. The molecule has 1 heterocycles. The fourth-order valence-corrected chi connectivity index (χ4v) is 5.02. The molecule has 1 aliphatic rings. The van der Waals surface area contributed by atoms with Gasteiger partial charge in [-0.15, -0.1) is 0 Å². The van der Waals surface area contributed by atoms with Gasteiger partial charge >= 0.3 is 0 Å². The van der Waals surface area contributed by atoms with Crippen molar-refractivity contribution in [1.29, 1.82) is 0 Å². The zero-order valence-corrected chi connectivity index (χ0v) is 23.5. The molecule has 0 aliphatic carbocycles. The molecule has 0 fully saturated rings. The molecule has 0 saturated carbocycles. The van der Waals surface area contributed by atoms with Crippen molar-refractivity contribution in [2.45, 2.75) is 52.7 Å². The summed E-state index contributed by atoms with van der Waals surface area (Å²) in [6.45, 7) is 6.43. The second-order valence-electron chi connectivity index (χ2n) is 8.71. The molecule has 12 heteroatoms. The highest BCUT2D eigenvalue weighted by Crippen LogP contribution is 2.36. The third-order valence-corrected chi connectivity index (χ3v) is 8.61. The Kier molecular flexibility index (Phi) is 9.55. The van der Waals surface area contributed by atoms with Crippen LogP contribution in [0.1, 0.15) is 39.7 Å². The van der Waals surface area contributed by atoms with Gasteiger partial charge in [0.1, 0.15) is 12.6 Å². The van der Waals surface area contributed by atoms with Crippen LogP contribution in [0.3, 0.4) is 0 Å². The molecule has 0 spiro atoms. The van der Waals surface area contributed by atoms with Crippen LogP contribution in [0.4, 0.5) is 5.69 Å². The predicted molar refractivity (Wildman–Crippen MR) is 144 cm³/mol. The lowest BCUT2D eigenvalue weighted by atomic mass is 10.1. The standard InChI is InChI=1S/C25H31Cl2N3O6S/c1-5-16(3)28-25(32)17(4)29(13-18-7-9-20(26)21(27)11-18)24(31)14-30(37(33,34)6-2)19-8-10-22-23(12-19)36-15-35-22/h7-12,16-17H,5-6,13-15H2,1-4H3,(H,28,32). The van der Waals surface area contributed by atoms with E-state index >= 15 is 0 Å². The zero-order chi connectivity index (χ0) is 27.3. The smallest absolute Gasteiger partial charge is 0.244 e. The molecule has 2 unspecified atom stereocenters. The average molecular weight is 573 g/mol. The van der Waals surface area contributed by atoms with Crippen molar-refractivity contribution in [1.82, 2.24) is 10.2 Å². The van der Waals surface area contributed by atoms with Crippen LogP contribution in [-0.2, 0) is 26.2 Å². The number of hydrogen-bond acceptors (Lipinski definition) is 6. The van der Waals surface area contributed by atoms with Gasteiger partial charge in [-0.2, -0.15) is 0 Å². The van der Waals surface area contributed by atoms with Crippen molar-refractivity contribution in [2.75, 3.05) is 23.4 Å². The number of halogens is 2. The molecular formula is C25H31Cl2N3O6S. The topological polar surface area (TPSA) is 105 Å². The number of rotatable bonds is 11. The Morgan fingerprint density at radius 1 is 1.03 bits per heavy atom. The van der Waals surface area contributed by atoms with E-state index in [1.165, 1.54) is 17.9 Å². The first kappa shape index (κ1) is 28.9. The molecule has 1 N–H and O–H groups in total. The maximum Gasteiger partial charge on any atom is 0.244 e. The number of nitrogens with zero attached hydrogens (tertiary/aromatic N) is 2. The first-order valence-corrected chi connectivity index (χ1v) is 14.3. The van der Waals surface area contributed by atoms with Gasteiger partial charge < -0.3 is 19.7 Å². The highest BCUT2D eigenvalue weighted by atomic mass is 35.5. The summed E-state index contributed by atoms with van der Waals surface area (Å²) in [5, 5.41) is 3.54.